The van der Waals surface area contributed by atoms with E-state index >= 15 is 0 Å². The van der Waals surface area contributed by atoms with Crippen molar-refractivity contribution in [3.63, 3.8) is 0 Å². The van der Waals surface area contributed by atoms with Crippen LogP contribution in [0.15, 0.2) is 24.3 Å². The molecule has 0 aliphatic carbocycles. The summed E-state index contributed by atoms with van der Waals surface area (Å²) in [5.41, 5.74) is 6.54. The van der Waals surface area contributed by atoms with Crippen LogP contribution in [0.2, 0.25) is 0 Å². The number of aliphatic hydroxyl groups is 1. The normalized spacial score (nSPS) is 19.4. The van der Waals surface area contributed by atoms with Crippen LogP contribution in [-0.4, -0.2) is 84.6 Å². The van der Waals surface area contributed by atoms with Gasteiger partial charge in [-0.05, 0) is 38.3 Å². The van der Waals surface area contributed by atoms with E-state index in [9.17, 15) is 19.8 Å². The van der Waals surface area contributed by atoms with E-state index in [1.165, 1.54) is 0 Å². The molecule has 1 aromatic carbocycles. The molecular weight excluding hydrogens is 426 g/mol. The Bertz CT molecular complexity index is 800. The SMILES string of the molecule is COCCOc1ccccc1N1CC(C)(C)N(CC(N)C(O)CC(C(=O)O)C(C)C)CC1=O. The second-order valence-electron chi connectivity index (χ2n) is 9.64. The average molecular weight is 466 g/mol. The van der Waals surface area contributed by atoms with Crippen molar-refractivity contribution < 1.29 is 29.3 Å². The Balaban J connectivity index is 2.09. The minimum absolute atomic E-state index is 0.0781. The first-order valence-electron chi connectivity index (χ1n) is 11.4. The molecule has 9 heteroatoms. The minimum Gasteiger partial charge on any atom is -0.489 e. The molecule has 9 nitrogen and oxygen atoms in total. The third-order valence-corrected chi connectivity index (χ3v) is 6.27. The van der Waals surface area contributed by atoms with Crippen LogP contribution in [0, 0.1) is 11.8 Å². The topological polar surface area (TPSA) is 126 Å². The summed E-state index contributed by atoms with van der Waals surface area (Å²) in [5.74, 6) is -1.20. The average Bonchev–Trinajstić information content (AvgIpc) is 2.74. The summed E-state index contributed by atoms with van der Waals surface area (Å²) in [4.78, 5) is 28.3. The molecular formula is C24H39N3O6. The number of carboxylic acids is 1. The molecule has 0 bridgehead atoms. The molecule has 1 saturated heterocycles. The molecule has 0 saturated carbocycles. The highest BCUT2D eigenvalue weighted by Crippen LogP contribution is 2.33. The number of benzene rings is 1. The van der Waals surface area contributed by atoms with Crippen molar-refractivity contribution >= 4 is 17.6 Å². The van der Waals surface area contributed by atoms with Crippen molar-refractivity contribution in [2.75, 3.05) is 44.9 Å². The zero-order valence-corrected chi connectivity index (χ0v) is 20.4. The lowest BCUT2D eigenvalue weighted by Gasteiger charge is -2.48. The van der Waals surface area contributed by atoms with Crippen molar-refractivity contribution in [2.45, 2.75) is 51.8 Å². The number of para-hydroxylation sites is 2. The molecule has 0 radical (unpaired) electrons. The lowest BCUT2D eigenvalue weighted by atomic mass is 9.87. The number of nitrogens with two attached hydrogens (primary N) is 1. The third kappa shape index (κ3) is 7.14. The van der Waals surface area contributed by atoms with Gasteiger partial charge in [0.25, 0.3) is 0 Å². The number of hydrogen-bond donors (Lipinski definition) is 3. The van der Waals surface area contributed by atoms with Gasteiger partial charge >= 0.3 is 5.97 Å². The number of piperazine rings is 1. The van der Waals surface area contributed by atoms with Gasteiger partial charge in [0, 0.05) is 31.8 Å². The monoisotopic (exact) mass is 465 g/mol. The maximum Gasteiger partial charge on any atom is 0.306 e. The van der Waals surface area contributed by atoms with Crippen LogP contribution in [0.3, 0.4) is 0 Å². The van der Waals surface area contributed by atoms with E-state index in [0.717, 1.165) is 0 Å². The van der Waals surface area contributed by atoms with Crippen LogP contribution >= 0.6 is 0 Å². The number of rotatable bonds is 12. The van der Waals surface area contributed by atoms with E-state index < -0.39 is 29.6 Å². The second-order valence-corrected chi connectivity index (χ2v) is 9.64. The maximum absolute atomic E-state index is 13.1. The van der Waals surface area contributed by atoms with Gasteiger partial charge in [0.05, 0.1) is 30.9 Å². The van der Waals surface area contributed by atoms with Crippen LogP contribution in [0.5, 0.6) is 5.75 Å². The van der Waals surface area contributed by atoms with Gasteiger partial charge in [0.2, 0.25) is 5.91 Å². The first-order chi connectivity index (χ1) is 15.5. The summed E-state index contributed by atoms with van der Waals surface area (Å²) < 4.78 is 10.9. The number of carbonyl (C=O) groups excluding carboxylic acids is 1. The molecule has 186 valence electrons. The number of carboxylic acid groups (broad SMARTS) is 1. The number of aliphatic hydroxyl groups excluding tert-OH is 1. The molecule has 1 aromatic rings. The van der Waals surface area contributed by atoms with Gasteiger partial charge in [-0.3, -0.25) is 14.5 Å². The Morgan fingerprint density at radius 2 is 1.91 bits per heavy atom. The molecule has 1 amide bonds. The summed E-state index contributed by atoms with van der Waals surface area (Å²) in [5, 5.41) is 20.0. The lowest BCUT2D eigenvalue weighted by Crippen LogP contribution is -2.64. The number of anilines is 1. The van der Waals surface area contributed by atoms with Gasteiger partial charge in [0.1, 0.15) is 12.4 Å². The number of ether oxygens (including phenoxy) is 2. The van der Waals surface area contributed by atoms with E-state index in [1.807, 2.05) is 56.9 Å². The Labute approximate surface area is 196 Å². The summed E-state index contributed by atoms with van der Waals surface area (Å²) in [7, 11) is 1.60. The van der Waals surface area contributed by atoms with Crippen LogP contribution in [-0.2, 0) is 14.3 Å². The number of carbonyl (C=O) groups is 2. The highest BCUT2D eigenvalue weighted by atomic mass is 16.5. The number of aliphatic carboxylic acids is 1. The molecule has 1 fully saturated rings. The van der Waals surface area contributed by atoms with Crippen LogP contribution in [0.25, 0.3) is 0 Å². The molecule has 3 atom stereocenters. The summed E-state index contributed by atoms with van der Waals surface area (Å²) in [6, 6.07) is 6.75. The molecule has 2 rings (SSSR count). The van der Waals surface area contributed by atoms with Gasteiger partial charge in [-0.15, -0.1) is 0 Å². The number of methoxy groups -OCH3 is 1. The van der Waals surface area contributed by atoms with Gasteiger partial charge in [0.15, 0.2) is 0 Å². The van der Waals surface area contributed by atoms with E-state index in [0.29, 0.717) is 31.2 Å². The summed E-state index contributed by atoms with van der Waals surface area (Å²) >= 11 is 0. The molecule has 33 heavy (non-hydrogen) atoms. The van der Waals surface area contributed by atoms with Crippen molar-refractivity contribution in [1.29, 1.82) is 0 Å². The Morgan fingerprint density at radius 3 is 2.52 bits per heavy atom. The number of hydrogen-bond acceptors (Lipinski definition) is 7. The largest absolute Gasteiger partial charge is 0.489 e. The molecule has 1 aliphatic heterocycles. The molecule has 4 N–H and O–H groups in total. The predicted molar refractivity (Wildman–Crippen MR) is 126 cm³/mol. The molecule has 0 aromatic heterocycles. The van der Waals surface area contributed by atoms with E-state index in [1.54, 1.807) is 12.0 Å². The van der Waals surface area contributed by atoms with Crippen molar-refractivity contribution in [3.05, 3.63) is 24.3 Å². The molecule has 1 heterocycles. The summed E-state index contributed by atoms with van der Waals surface area (Å²) in [6.07, 6.45) is -0.901. The minimum atomic E-state index is -0.979. The zero-order chi connectivity index (χ0) is 24.8. The Kier molecular flexibility index (Phi) is 9.66. The first-order valence-corrected chi connectivity index (χ1v) is 11.4. The fourth-order valence-electron chi connectivity index (χ4n) is 4.08. The van der Waals surface area contributed by atoms with Gasteiger partial charge in [-0.1, -0.05) is 26.0 Å². The highest BCUT2D eigenvalue weighted by Gasteiger charge is 2.40. The van der Waals surface area contributed by atoms with Crippen molar-refractivity contribution in [3.8, 4) is 5.75 Å². The van der Waals surface area contributed by atoms with Crippen LogP contribution < -0.4 is 15.4 Å². The second kappa shape index (κ2) is 11.8. The Morgan fingerprint density at radius 1 is 1.24 bits per heavy atom. The van der Waals surface area contributed by atoms with Crippen molar-refractivity contribution in [2.24, 2.45) is 17.6 Å². The molecule has 0 spiro atoms. The fraction of sp³-hybridized carbons (Fsp3) is 0.667. The third-order valence-electron chi connectivity index (χ3n) is 6.27. The quantitative estimate of drug-likeness (QED) is 0.397. The van der Waals surface area contributed by atoms with Gasteiger partial charge in [-0.25, -0.2) is 0 Å². The van der Waals surface area contributed by atoms with E-state index in [-0.39, 0.29) is 31.3 Å². The fourth-order valence-corrected chi connectivity index (χ4v) is 4.08. The predicted octanol–water partition coefficient (Wildman–Crippen LogP) is 1.57. The highest BCUT2D eigenvalue weighted by molar-refractivity contribution is 5.97. The number of nitrogens with zero attached hydrogens (tertiary/aromatic N) is 2. The van der Waals surface area contributed by atoms with E-state index in [4.69, 9.17) is 15.2 Å². The molecule has 3 unspecified atom stereocenters. The van der Waals surface area contributed by atoms with E-state index in [2.05, 4.69) is 0 Å². The first kappa shape index (κ1) is 27.0. The maximum atomic E-state index is 13.1. The van der Waals surface area contributed by atoms with Crippen molar-refractivity contribution in [1.82, 2.24) is 4.90 Å². The Hall–Kier alpha value is -2.20. The lowest BCUT2D eigenvalue weighted by molar-refractivity contribution is -0.144. The zero-order valence-electron chi connectivity index (χ0n) is 20.4. The molecule has 1 aliphatic rings. The van der Waals surface area contributed by atoms with Crippen LogP contribution in [0.4, 0.5) is 5.69 Å². The smallest absolute Gasteiger partial charge is 0.306 e. The van der Waals surface area contributed by atoms with Gasteiger partial charge < -0.3 is 30.3 Å². The summed E-state index contributed by atoms with van der Waals surface area (Å²) in [6.45, 7) is 9.33. The van der Waals surface area contributed by atoms with Crippen LogP contribution in [0.1, 0.15) is 34.1 Å². The number of amides is 1. The van der Waals surface area contributed by atoms with Gasteiger partial charge in [-0.2, -0.15) is 0 Å². The standard InChI is InChI=1S/C24H39N3O6/c1-16(2)17(23(30)31)12-20(28)18(25)13-26-14-22(29)27(15-24(26,3)4)19-8-6-7-9-21(19)33-11-10-32-5/h6-9,16-18,20,28H,10-15,25H2,1-5H3,(H,30,31).